The number of amides is 3. The Hall–Kier alpha value is -4.34. The largest absolute Gasteiger partial charge is 0.379 e. The average Bonchev–Trinajstić information content (AvgIpc) is 4.02. The summed E-state index contributed by atoms with van der Waals surface area (Å²) in [4.78, 5) is 58.0. The molecule has 65 heavy (non-hydrogen) atoms. The highest BCUT2D eigenvalue weighted by Gasteiger charge is 2.20. The number of nitrogens with zero attached hydrogens (tertiary/aromatic N) is 5. The van der Waals surface area contributed by atoms with Gasteiger partial charge >= 0.3 is 6.03 Å². The molecule has 2 aromatic heterocycles. The van der Waals surface area contributed by atoms with Crippen LogP contribution in [0.5, 0.6) is 0 Å². The van der Waals surface area contributed by atoms with Crippen molar-refractivity contribution >= 4 is 57.6 Å². The van der Waals surface area contributed by atoms with Gasteiger partial charge in [-0.3, -0.25) is 9.69 Å². The topological polar surface area (TPSA) is 215 Å². The molecule has 366 valence electrons. The number of nitrogens with two attached hydrogens (primary N) is 1. The van der Waals surface area contributed by atoms with Crippen molar-refractivity contribution < 1.29 is 38.1 Å². The maximum Gasteiger partial charge on any atom is 0.312 e. The Kier molecular flexibility index (Phi) is 31.3. The van der Waals surface area contributed by atoms with E-state index in [0.29, 0.717) is 65.5 Å². The summed E-state index contributed by atoms with van der Waals surface area (Å²) in [7, 11) is 3.75. The van der Waals surface area contributed by atoms with E-state index in [9.17, 15) is 19.2 Å². The quantitative estimate of drug-likeness (QED) is 0.0575. The summed E-state index contributed by atoms with van der Waals surface area (Å²) in [6.45, 7) is 22.1. The number of hydrogen-bond acceptors (Lipinski definition) is 16. The molecule has 18 nitrogen and oxygen atoms in total. The van der Waals surface area contributed by atoms with Crippen LogP contribution in [-0.4, -0.2) is 178 Å². The van der Waals surface area contributed by atoms with Crippen LogP contribution in [0.2, 0.25) is 0 Å². The lowest BCUT2D eigenvalue weighted by molar-refractivity contribution is -0.125. The van der Waals surface area contributed by atoms with E-state index < -0.39 is 6.03 Å². The zero-order valence-corrected chi connectivity index (χ0v) is 40.6. The van der Waals surface area contributed by atoms with E-state index in [1.54, 1.807) is 18.4 Å². The number of anilines is 2. The Labute approximate surface area is 391 Å². The van der Waals surface area contributed by atoms with Gasteiger partial charge in [-0.1, -0.05) is 20.8 Å². The van der Waals surface area contributed by atoms with Crippen LogP contribution in [0.3, 0.4) is 0 Å². The summed E-state index contributed by atoms with van der Waals surface area (Å²) < 4.78 is 22.0. The van der Waals surface area contributed by atoms with Crippen LogP contribution in [0.25, 0.3) is 20.8 Å². The van der Waals surface area contributed by atoms with Crippen LogP contribution in [0.15, 0.2) is 36.5 Å². The highest BCUT2D eigenvalue weighted by molar-refractivity contribution is 7.21. The lowest BCUT2D eigenvalue weighted by Gasteiger charge is -2.36. The molecular weight excluding hydrogens is 853 g/mol. The molecule has 0 spiro atoms. The van der Waals surface area contributed by atoms with Crippen molar-refractivity contribution in [1.82, 2.24) is 36.1 Å². The lowest BCUT2D eigenvalue weighted by Crippen LogP contribution is -2.48. The van der Waals surface area contributed by atoms with Crippen LogP contribution in [-0.2, 0) is 33.3 Å². The molecule has 3 aromatic rings. The fourth-order valence-corrected chi connectivity index (χ4v) is 7.57. The van der Waals surface area contributed by atoms with Gasteiger partial charge in [0.1, 0.15) is 23.4 Å². The number of likely N-dealkylation sites (N-methyl/N-ethyl adjacent to an activating group) is 2. The normalized spacial score (nSPS) is 14.1. The van der Waals surface area contributed by atoms with Crippen molar-refractivity contribution in [3.8, 4) is 10.6 Å². The second kappa shape index (κ2) is 35.9. The number of carbonyl (C=O) groups excluding carboxylic acids is 4. The number of urea groups is 1. The van der Waals surface area contributed by atoms with Crippen LogP contribution < -0.4 is 36.8 Å². The van der Waals surface area contributed by atoms with Gasteiger partial charge < -0.3 is 65.3 Å². The summed E-state index contributed by atoms with van der Waals surface area (Å²) in [5, 5.41) is 12.1. The molecule has 3 amide bonds. The van der Waals surface area contributed by atoms with Gasteiger partial charge in [-0.25, -0.2) is 14.8 Å². The van der Waals surface area contributed by atoms with Crippen LogP contribution in [0.1, 0.15) is 53.4 Å². The van der Waals surface area contributed by atoms with E-state index >= 15 is 0 Å². The fourth-order valence-electron chi connectivity index (χ4n) is 6.58. The molecule has 2 aliphatic heterocycles. The number of carbonyl (C=O) groups is 4. The molecule has 6 N–H and O–H groups in total. The molecular formula is C46H78N10O8S. The number of primary amides is 1. The fraction of sp³-hybridized carbons (Fsp3) is 0.652. The molecule has 0 saturated carbocycles. The van der Waals surface area contributed by atoms with Gasteiger partial charge in [0.15, 0.2) is 0 Å². The summed E-state index contributed by atoms with van der Waals surface area (Å²) in [5.41, 5.74) is 8.23. The summed E-state index contributed by atoms with van der Waals surface area (Å²) in [6, 6.07) is 10.4. The van der Waals surface area contributed by atoms with Gasteiger partial charge in [0.25, 0.3) is 0 Å². The maximum atomic E-state index is 11.2. The molecule has 0 aliphatic carbocycles. The predicted molar refractivity (Wildman–Crippen MR) is 261 cm³/mol. The number of ether oxygens (including phenoxy) is 4. The van der Waals surface area contributed by atoms with E-state index in [4.69, 9.17) is 34.6 Å². The molecule has 2 aliphatic rings. The molecule has 2 fully saturated rings. The number of fused-ring (bicyclic) bond motifs is 1. The smallest absolute Gasteiger partial charge is 0.312 e. The minimum absolute atomic E-state index is 0.0870. The number of thiazole rings is 1. The van der Waals surface area contributed by atoms with Crippen molar-refractivity contribution in [2.45, 2.75) is 59.4 Å². The van der Waals surface area contributed by atoms with E-state index in [-0.39, 0.29) is 24.4 Å². The number of nitrogens with one attached hydrogen (secondary N) is 4. The molecule has 2 saturated heterocycles. The molecule has 4 heterocycles. The predicted octanol–water partition coefficient (Wildman–Crippen LogP) is 3.57. The van der Waals surface area contributed by atoms with Crippen molar-refractivity contribution in [3.63, 3.8) is 0 Å². The third-order valence-electron chi connectivity index (χ3n) is 10.1. The van der Waals surface area contributed by atoms with E-state index in [2.05, 4.69) is 66.3 Å². The highest BCUT2D eigenvalue weighted by Crippen LogP contribution is 2.33. The number of benzene rings is 1. The Morgan fingerprint density at radius 1 is 0.815 bits per heavy atom. The Bertz CT molecular complexity index is 1710. The highest BCUT2D eigenvalue weighted by atomic mass is 32.1. The minimum Gasteiger partial charge on any atom is -0.379 e. The second-order valence-electron chi connectivity index (χ2n) is 15.4. The number of hydrogen-bond donors (Lipinski definition) is 5. The first-order valence-corrected chi connectivity index (χ1v) is 23.8. The first-order valence-electron chi connectivity index (χ1n) is 23.0. The average molecular weight is 931 g/mol. The SMILES string of the molecule is CCCNC(N)=O.CCOCCOCCOCCOCCC=O.CNC(C(=O)NCC=O)C(C)C.CNCCN1CCN(c2ccc3nc(-c4ccc(N5CCCC5)nc4)sc3c2)CC1. The zero-order valence-electron chi connectivity index (χ0n) is 39.8. The van der Waals surface area contributed by atoms with Crippen LogP contribution in [0, 0.1) is 5.92 Å². The van der Waals surface area contributed by atoms with E-state index in [1.807, 2.05) is 40.9 Å². The first kappa shape index (κ1) is 56.8. The van der Waals surface area contributed by atoms with E-state index in [1.165, 1.54) is 23.2 Å². The number of aldehydes is 2. The Morgan fingerprint density at radius 2 is 1.48 bits per heavy atom. The number of aromatic nitrogens is 2. The molecule has 1 atom stereocenters. The monoisotopic (exact) mass is 931 g/mol. The maximum absolute atomic E-state index is 11.2. The van der Waals surface area contributed by atoms with Gasteiger partial charge in [0.05, 0.1) is 69.1 Å². The van der Waals surface area contributed by atoms with Crippen molar-refractivity contribution in [1.29, 1.82) is 0 Å². The summed E-state index contributed by atoms with van der Waals surface area (Å²) in [5.74, 6) is 1.19. The van der Waals surface area contributed by atoms with Crippen LogP contribution >= 0.6 is 11.3 Å². The number of piperazine rings is 1. The minimum atomic E-state index is -0.443. The van der Waals surface area contributed by atoms with Crippen molar-refractivity contribution in [2.75, 3.05) is 142 Å². The van der Waals surface area contributed by atoms with Gasteiger partial charge in [0, 0.05) is 89.4 Å². The zero-order chi connectivity index (χ0) is 47.5. The lowest BCUT2D eigenvalue weighted by atomic mass is 10.0. The standard InChI is InChI=1S/C23H30N6S.C11H22O5.C8H16N2O2.C4H10N2O/c1-24-8-11-27-12-14-28(15-13-27)19-5-6-20-21(16-19)30-23(26-20)18-4-7-22(25-17-18)29-9-2-3-10-29;1-2-13-6-7-15-10-11-16-9-8-14-5-3-4-12;1-6(2)7(9-3)8(12)10-4-5-11;1-2-3-6-4(5)7/h4-7,16-17,24H,2-3,8-15H2,1H3;4H,2-3,5-11H2,1H3;5-7,9H,4H2,1-3H3,(H,10,12);2-3H2,1H3,(H3,5,6,7). The molecule has 19 heteroatoms. The molecule has 5 rings (SSSR count). The molecule has 1 aromatic carbocycles. The summed E-state index contributed by atoms with van der Waals surface area (Å²) >= 11 is 1.77. The number of rotatable bonds is 26. The van der Waals surface area contributed by atoms with Crippen molar-refractivity contribution in [2.24, 2.45) is 11.7 Å². The molecule has 0 radical (unpaired) electrons. The van der Waals surface area contributed by atoms with E-state index in [0.717, 1.165) is 93.6 Å². The van der Waals surface area contributed by atoms with Crippen molar-refractivity contribution in [3.05, 3.63) is 36.5 Å². The third kappa shape index (κ3) is 24.1. The van der Waals surface area contributed by atoms with Gasteiger partial charge in [-0.15, -0.1) is 11.3 Å². The Morgan fingerprint density at radius 3 is 2.00 bits per heavy atom. The Balaban J connectivity index is 0.000000349. The van der Waals surface area contributed by atoms with Gasteiger partial charge in [0.2, 0.25) is 5.91 Å². The van der Waals surface area contributed by atoms with Crippen LogP contribution in [0.4, 0.5) is 16.3 Å². The van der Waals surface area contributed by atoms with Gasteiger partial charge in [-0.2, -0.15) is 0 Å². The second-order valence-corrected chi connectivity index (χ2v) is 16.4. The number of pyridine rings is 1. The molecule has 1 unspecified atom stereocenters. The molecule has 0 bridgehead atoms. The van der Waals surface area contributed by atoms with Gasteiger partial charge in [-0.05, 0) is 76.5 Å². The third-order valence-corrected chi connectivity index (χ3v) is 11.1. The summed E-state index contributed by atoms with van der Waals surface area (Å²) in [6.07, 6.45) is 7.42. The first-order chi connectivity index (χ1) is 31.6.